The van der Waals surface area contributed by atoms with Crippen molar-refractivity contribution >= 4 is 40.1 Å². The van der Waals surface area contributed by atoms with Crippen molar-refractivity contribution in [2.75, 3.05) is 13.2 Å². The molecule has 0 amide bonds. The van der Waals surface area contributed by atoms with Gasteiger partial charge in [0.15, 0.2) is 5.78 Å². The molecule has 1 aromatic carbocycles. The summed E-state index contributed by atoms with van der Waals surface area (Å²) in [5.74, 6) is -0.982. The topological polar surface area (TPSA) is 52.6 Å². The lowest BCUT2D eigenvalue weighted by Gasteiger charge is -2.22. The van der Waals surface area contributed by atoms with Gasteiger partial charge in [0.1, 0.15) is 5.82 Å². The third kappa shape index (κ3) is 8.69. The van der Waals surface area contributed by atoms with Crippen LogP contribution in [-0.4, -0.2) is 34.6 Å². The molecule has 0 fully saturated rings. The Balaban J connectivity index is 2.72. The third-order valence-electron chi connectivity index (χ3n) is 4.00. The molecule has 7 heteroatoms. The number of rotatable bonds is 9. The SMILES string of the molecule is CCOC(=S)SC(CCOC(=O)C(C)(C)C)CC(C)C(=O)c1ccc(F)cc1. The van der Waals surface area contributed by atoms with Crippen LogP contribution in [0.1, 0.15) is 57.8 Å². The molecule has 2 unspecified atom stereocenters. The first-order valence-electron chi connectivity index (χ1n) is 9.35. The van der Waals surface area contributed by atoms with Gasteiger partial charge in [-0.15, -0.1) is 0 Å². The Labute approximate surface area is 176 Å². The molecule has 0 aliphatic carbocycles. The molecule has 0 saturated carbocycles. The standard InChI is InChI=1S/C21H29FO4S2/c1-6-25-20(27)28-17(11-12-26-19(24)21(3,4)5)13-14(2)18(23)15-7-9-16(22)10-8-15/h7-10,14,17H,6,11-13H2,1-5H3. The number of carbonyl (C=O) groups excluding carboxylic acids is 2. The monoisotopic (exact) mass is 428 g/mol. The Hall–Kier alpha value is -1.47. The van der Waals surface area contributed by atoms with Gasteiger partial charge >= 0.3 is 5.97 Å². The number of thiocarbonyl (C=S) groups is 1. The van der Waals surface area contributed by atoms with Gasteiger partial charge in [-0.3, -0.25) is 9.59 Å². The first-order valence-corrected chi connectivity index (χ1v) is 10.6. The number of carbonyl (C=O) groups is 2. The van der Waals surface area contributed by atoms with Crippen LogP contribution in [0.2, 0.25) is 0 Å². The molecule has 0 aliphatic rings. The quantitative estimate of drug-likeness (QED) is 0.297. The normalized spacial score (nSPS) is 13.5. The van der Waals surface area contributed by atoms with Crippen LogP contribution in [0.3, 0.4) is 0 Å². The predicted molar refractivity (Wildman–Crippen MR) is 115 cm³/mol. The van der Waals surface area contributed by atoms with Crippen molar-refractivity contribution in [3.63, 3.8) is 0 Å². The van der Waals surface area contributed by atoms with Crippen molar-refractivity contribution in [3.8, 4) is 0 Å². The van der Waals surface area contributed by atoms with Crippen LogP contribution in [0.5, 0.6) is 0 Å². The number of Topliss-reactive ketones (excluding diaryl/α,β-unsaturated/α-hetero) is 1. The fourth-order valence-electron chi connectivity index (χ4n) is 2.41. The van der Waals surface area contributed by atoms with E-state index in [9.17, 15) is 14.0 Å². The first kappa shape index (κ1) is 24.6. The van der Waals surface area contributed by atoms with Gasteiger partial charge < -0.3 is 9.47 Å². The minimum absolute atomic E-state index is 0.0359. The molecule has 0 aliphatic heterocycles. The number of thioether (sulfide) groups is 1. The van der Waals surface area contributed by atoms with Gasteiger partial charge in [-0.2, -0.15) is 0 Å². The second kappa shape index (κ2) is 11.5. The molecular weight excluding hydrogens is 399 g/mol. The summed E-state index contributed by atoms with van der Waals surface area (Å²) >= 11 is 6.60. The van der Waals surface area contributed by atoms with Crippen LogP contribution in [0.25, 0.3) is 0 Å². The molecule has 0 heterocycles. The highest BCUT2D eigenvalue weighted by Crippen LogP contribution is 2.27. The summed E-state index contributed by atoms with van der Waals surface area (Å²) < 4.78 is 24.2. The maximum Gasteiger partial charge on any atom is 0.311 e. The molecule has 0 saturated heterocycles. The molecule has 0 bridgehead atoms. The van der Waals surface area contributed by atoms with Crippen LogP contribution >= 0.6 is 24.0 Å². The van der Waals surface area contributed by atoms with Crippen molar-refractivity contribution in [1.29, 1.82) is 0 Å². The van der Waals surface area contributed by atoms with E-state index in [1.807, 2.05) is 13.8 Å². The number of hydrogen-bond donors (Lipinski definition) is 0. The molecule has 28 heavy (non-hydrogen) atoms. The van der Waals surface area contributed by atoms with Crippen LogP contribution in [0.4, 0.5) is 4.39 Å². The zero-order valence-electron chi connectivity index (χ0n) is 17.1. The molecule has 0 radical (unpaired) electrons. The van der Waals surface area contributed by atoms with E-state index in [1.165, 1.54) is 36.0 Å². The van der Waals surface area contributed by atoms with Gasteiger partial charge in [0, 0.05) is 16.7 Å². The average Bonchev–Trinajstić information content (AvgIpc) is 2.60. The van der Waals surface area contributed by atoms with E-state index in [1.54, 1.807) is 20.8 Å². The summed E-state index contributed by atoms with van der Waals surface area (Å²) in [5, 5.41) is -0.0359. The van der Waals surface area contributed by atoms with E-state index >= 15 is 0 Å². The summed E-state index contributed by atoms with van der Waals surface area (Å²) in [7, 11) is 0. The summed E-state index contributed by atoms with van der Waals surface area (Å²) in [6.07, 6.45) is 1.10. The molecular formula is C21H29FO4S2. The molecule has 0 N–H and O–H groups in total. The number of halogens is 1. The summed E-state index contributed by atoms with van der Waals surface area (Å²) in [6, 6.07) is 5.54. The van der Waals surface area contributed by atoms with Crippen LogP contribution in [0, 0.1) is 17.2 Å². The zero-order chi connectivity index (χ0) is 21.3. The molecule has 0 spiro atoms. The Morgan fingerprint density at radius 3 is 2.32 bits per heavy atom. The van der Waals surface area contributed by atoms with E-state index in [2.05, 4.69) is 0 Å². The van der Waals surface area contributed by atoms with Crippen molar-refractivity contribution in [3.05, 3.63) is 35.6 Å². The Kier molecular flexibility index (Phi) is 10.1. The third-order valence-corrected chi connectivity index (χ3v) is 5.48. The van der Waals surface area contributed by atoms with E-state index in [4.69, 9.17) is 21.7 Å². The number of ketones is 1. The highest BCUT2D eigenvalue weighted by Gasteiger charge is 2.25. The van der Waals surface area contributed by atoms with Gasteiger partial charge in [0.05, 0.1) is 18.6 Å². The minimum Gasteiger partial charge on any atom is -0.479 e. The maximum atomic E-state index is 13.1. The molecule has 0 aromatic heterocycles. The Morgan fingerprint density at radius 2 is 1.79 bits per heavy atom. The van der Waals surface area contributed by atoms with Gasteiger partial charge in [-0.05, 0) is 77.0 Å². The molecule has 4 nitrogen and oxygen atoms in total. The summed E-state index contributed by atoms with van der Waals surface area (Å²) in [4.78, 5) is 24.6. The molecule has 1 aromatic rings. The van der Waals surface area contributed by atoms with Crippen molar-refractivity contribution in [1.82, 2.24) is 0 Å². The maximum absolute atomic E-state index is 13.1. The van der Waals surface area contributed by atoms with Crippen LogP contribution in [-0.2, 0) is 14.3 Å². The Bertz CT molecular complexity index is 668. The fraction of sp³-hybridized carbons (Fsp3) is 0.571. The van der Waals surface area contributed by atoms with Gasteiger partial charge in [0.25, 0.3) is 0 Å². The fourth-order valence-corrected chi connectivity index (χ4v) is 4.00. The highest BCUT2D eigenvalue weighted by atomic mass is 32.2. The summed E-state index contributed by atoms with van der Waals surface area (Å²) in [6.45, 7) is 9.82. The van der Waals surface area contributed by atoms with E-state index in [0.29, 0.717) is 29.4 Å². The lowest BCUT2D eigenvalue weighted by Crippen LogP contribution is -2.25. The van der Waals surface area contributed by atoms with E-state index < -0.39 is 5.41 Å². The van der Waals surface area contributed by atoms with Crippen molar-refractivity contribution in [2.24, 2.45) is 11.3 Å². The average molecular weight is 429 g/mol. The summed E-state index contributed by atoms with van der Waals surface area (Å²) in [5.41, 5.74) is -0.0843. The predicted octanol–water partition coefficient (Wildman–Crippen LogP) is 5.44. The number of benzene rings is 1. The smallest absolute Gasteiger partial charge is 0.311 e. The molecule has 1 rings (SSSR count). The van der Waals surface area contributed by atoms with Crippen LogP contribution < -0.4 is 0 Å². The largest absolute Gasteiger partial charge is 0.479 e. The van der Waals surface area contributed by atoms with Gasteiger partial charge in [-0.1, -0.05) is 18.7 Å². The zero-order valence-corrected chi connectivity index (χ0v) is 18.8. The van der Waals surface area contributed by atoms with Gasteiger partial charge in [0.2, 0.25) is 4.38 Å². The highest BCUT2D eigenvalue weighted by molar-refractivity contribution is 8.23. The number of ether oxygens (including phenoxy) is 2. The molecule has 2 atom stereocenters. The van der Waals surface area contributed by atoms with Crippen molar-refractivity contribution < 1.29 is 23.5 Å². The second-order valence-electron chi connectivity index (χ2n) is 7.61. The van der Waals surface area contributed by atoms with Crippen molar-refractivity contribution in [2.45, 2.75) is 52.7 Å². The second-order valence-corrected chi connectivity index (χ2v) is 9.51. The lowest BCUT2D eigenvalue weighted by molar-refractivity contribution is -0.153. The van der Waals surface area contributed by atoms with E-state index in [-0.39, 0.29) is 35.3 Å². The first-order chi connectivity index (χ1) is 13.0. The number of hydrogen-bond acceptors (Lipinski definition) is 6. The van der Waals surface area contributed by atoms with Gasteiger partial charge in [-0.25, -0.2) is 4.39 Å². The van der Waals surface area contributed by atoms with Crippen LogP contribution in [0.15, 0.2) is 24.3 Å². The minimum atomic E-state index is -0.560. The van der Waals surface area contributed by atoms with E-state index in [0.717, 1.165) is 0 Å². The Morgan fingerprint density at radius 1 is 1.18 bits per heavy atom. The molecule has 156 valence electrons. The lowest BCUT2D eigenvalue weighted by atomic mass is 9.94. The number of esters is 1.